The Labute approximate surface area is 121 Å². The Morgan fingerprint density at radius 3 is 2.48 bits per heavy atom. The van der Waals surface area contributed by atoms with E-state index in [1.54, 1.807) is 0 Å². The number of rotatable bonds is 4. The van der Waals surface area contributed by atoms with E-state index >= 15 is 0 Å². The topological polar surface area (TPSA) is 112 Å². The highest BCUT2D eigenvalue weighted by molar-refractivity contribution is 5.95. The van der Waals surface area contributed by atoms with Gasteiger partial charge in [-0.1, -0.05) is 18.9 Å². The first-order chi connectivity index (χ1) is 9.99. The minimum Gasteiger partial charge on any atom is -0.550 e. The van der Waals surface area contributed by atoms with Gasteiger partial charge in [0.2, 0.25) is 5.91 Å². The number of carbonyl (C=O) groups is 2. The predicted octanol–water partition coefficient (Wildman–Crippen LogP) is 1.09. The minimum absolute atomic E-state index is 0.132. The van der Waals surface area contributed by atoms with Crippen molar-refractivity contribution >= 4 is 23.3 Å². The van der Waals surface area contributed by atoms with Crippen LogP contribution in [0.25, 0.3) is 0 Å². The lowest BCUT2D eigenvalue weighted by atomic mass is 9.78. The highest BCUT2D eigenvalue weighted by atomic mass is 16.6. The molecule has 1 aliphatic rings. The summed E-state index contributed by atoms with van der Waals surface area (Å²) < 4.78 is 0. The molecule has 1 aromatic carbocycles. The average Bonchev–Trinajstić information content (AvgIpc) is 2.47. The molecule has 1 aromatic rings. The van der Waals surface area contributed by atoms with Crippen molar-refractivity contribution in [3.63, 3.8) is 0 Å². The Balaban J connectivity index is 2.11. The van der Waals surface area contributed by atoms with E-state index in [-0.39, 0.29) is 11.4 Å². The minimum atomic E-state index is -1.21. The number of carbonyl (C=O) groups excluding carboxylic acids is 2. The van der Waals surface area contributed by atoms with Crippen LogP contribution in [0.3, 0.4) is 0 Å². The number of carboxylic acids is 1. The van der Waals surface area contributed by atoms with Gasteiger partial charge in [0.1, 0.15) is 0 Å². The van der Waals surface area contributed by atoms with Gasteiger partial charge in [-0.05, 0) is 18.9 Å². The number of carboxylic acid groups (broad SMARTS) is 1. The van der Waals surface area contributed by atoms with Crippen LogP contribution in [-0.2, 0) is 9.59 Å². The van der Waals surface area contributed by atoms with Gasteiger partial charge in [0.25, 0.3) is 5.69 Å². The Bertz CT molecular complexity index is 572. The SMILES string of the molecule is O=C([O-])C1CCCCC1C(=O)Nc1cccc([N+](=O)[O-])c1. The molecular weight excluding hydrogens is 276 g/mol. The van der Waals surface area contributed by atoms with Gasteiger partial charge in [-0.3, -0.25) is 14.9 Å². The van der Waals surface area contributed by atoms with Crippen LogP contribution in [0.4, 0.5) is 11.4 Å². The van der Waals surface area contributed by atoms with Crippen LogP contribution in [0.1, 0.15) is 25.7 Å². The van der Waals surface area contributed by atoms with Gasteiger partial charge in [-0.15, -0.1) is 0 Å². The molecule has 0 aliphatic heterocycles. The molecular formula is C14H15N2O5-. The first kappa shape index (κ1) is 15.0. The molecule has 2 unspecified atom stereocenters. The first-order valence-corrected chi connectivity index (χ1v) is 6.75. The maximum Gasteiger partial charge on any atom is 0.271 e. The van der Waals surface area contributed by atoms with Gasteiger partial charge in [0.05, 0.1) is 4.92 Å². The molecule has 1 N–H and O–H groups in total. The smallest absolute Gasteiger partial charge is 0.271 e. The summed E-state index contributed by atoms with van der Waals surface area (Å²) in [6, 6.07) is 5.56. The van der Waals surface area contributed by atoms with Crippen LogP contribution in [0.5, 0.6) is 0 Å². The molecule has 7 heteroatoms. The second-order valence-electron chi connectivity index (χ2n) is 5.11. The molecule has 2 atom stereocenters. The fourth-order valence-electron chi connectivity index (χ4n) is 2.66. The number of nitro groups is 1. The van der Waals surface area contributed by atoms with E-state index in [1.807, 2.05) is 0 Å². The highest BCUT2D eigenvalue weighted by Gasteiger charge is 2.31. The average molecular weight is 291 g/mol. The summed E-state index contributed by atoms with van der Waals surface area (Å²) in [5.74, 6) is -3.08. The fourth-order valence-corrected chi connectivity index (χ4v) is 2.66. The number of amides is 1. The number of nitrogens with zero attached hydrogens (tertiary/aromatic N) is 1. The molecule has 0 aromatic heterocycles. The van der Waals surface area contributed by atoms with E-state index in [0.29, 0.717) is 12.8 Å². The molecule has 1 fully saturated rings. The molecule has 1 saturated carbocycles. The van der Waals surface area contributed by atoms with Gasteiger partial charge < -0.3 is 15.2 Å². The normalized spacial score (nSPS) is 21.5. The second kappa shape index (κ2) is 6.34. The van der Waals surface area contributed by atoms with Crippen molar-refractivity contribution in [2.75, 3.05) is 5.32 Å². The van der Waals surface area contributed by atoms with Gasteiger partial charge in [-0.25, -0.2) is 0 Å². The third-order valence-corrected chi connectivity index (χ3v) is 3.73. The standard InChI is InChI=1S/C14H16N2O5/c17-13(11-6-1-2-7-12(11)14(18)19)15-9-4-3-5-10(8-9)16(20)21/h3-5,8,11-12H,1-2,6-7H2,(H,15,17)(H,18,19)/p-1. The Morgan fingerprint density at radius 1 is 1.19 bits per heavy atom. The van der Waals surface area contributed by atoms with E-state index in [9.17, 15) is 24.8 Å². The summed E-state index contributed by atoms with van der Waals surface area (Å²) in [6.07, 6.45) is 2.46. The summed E-state index contributed by atoms with van der Waals surface area (Å²) in [5, 5.41) is 24.3. The molecule has 0 saturated heterocycles. The lowest BCUT2D eigenvalue weighted by molar-refractivity contribution is -0.384. The van der Waals surface area contributed by atoms with E-state index in [0.717, 1.165) is 12.8 Å². The number of nitro benzene ring substituents is 1. The summed E-state index contributed by atoms with van der Waals surface area (Å²) in [4.78, 5) is 33.4. The van der Waals surface area contributed by atoms with Gasteiger partial charge in [0.15, 0.2) is 0 Å². The first-order valence-electron chi connectivity index (χ1n) is 6.75. The summed E-state index contributed by atoms with van der Waals surface area (Å²) in [7, 11) is 0. The molecule has 0 bridgehead atoms. The quantitative estimate of drug-likeness (QED) is 0.659. The van der Waals surface area contributed by atoms with Crippen molar-refractivity contribution in [1.29, 1.82) is 0 Å². The summed E-state index contributed by atoms with van der Waals surface area (Å²) in [6.45, 7) is 0. The maximum absolute atomic E-state index is 12.2. The lowest BCUT2D eigenvalue weighted by Crippen LogP contribution is -2.42. The van der Waals surface area contributed by atoms with Gasteiger partial charge >= 0.3 is 0 Å². The number of nitrogens with one attached hydrogen (secondary N) is 1. The number of benzene rings is 1. The third-order valence-electron chi connectivity index (χ3n) is 3.73. The maximum atomic E-state index is 12.2. The van der Waals surface area contributed by atoms with Crippen LogP contribution in [0, 0.1) is 22.0 Å². The van der Waals surface area contributed by atoms with E-state index in [1.165, 1.54) is 24.3 Å². The lowest BCUT2D eigenvalue weighted by Gasteiger charge is -2.31. The van der Waals surface area contributed by atoms with Crippen molar-refractivity contribution in [3.8, 4) is 0 Å². The van der Waals surface area contributed by atoms with Crippen molar-refractivity contribution in [2.24, 2.45) is 11.8 Å². The van der Waals surface area contributed by atoms with Crippen LogP contribution in [-0.4, -0.2) is 16.8 Å². The molecule has 1 aliphatic carbocycles. The number of hydrogen-bond donors (Lipinski definition) is 1. The number of anilines is 1. The number of aliphatic carboxylic acids is 1. The van der Waals surface area contributed by atoms with Crippen LogP contribution >= 0.6 is 0 Å². The summed E-state index contributed by atoms with van der Waals surface area (Å²) >= 11 is 0. The molecule has 7 nitrogen and oxygen atoms in total. The van der Waals surface area contributed by atoms with Crippen LogP contribution in [0.2, 0.25) is 0 Å². The molecule has 1 amide bonds. The molecule has 21 heavy (non-hydrogen) atoms. The molecule has 0 heterocycles. The highest BCUT2D eigenvalue weighted by Crippen LogP contribution is 2.31. The van der Waals surface area contributed by atoms with Crippen LogP contribution < -0.4 is 10.4 Å². The second-order valence-corrected chi connectivity index (χ2v) is 5.11. The molecule has 112 valence electrons. The Morgan fingerprint density at radius 2 is 1.86 bits per heavy atom. The zero-order chi connectivity index (χ0) is 15.4. The Hall–Kier alpha value is -2.44. The molecule has 2 rings (SSSR count). The monoisotopic (exact) mass is 291 g/mol. The van der Waals surface area contributed by atoms with Crippen molar-refractivity contribution in [3.05, 3.63) is 34.4 Å². The van der Waals surface area contributed by atoms with Crippen molar-refractivity contribution in [1.82, 2.24) is 0 Å². The van der Waals surface area contributed by atoms with Gasteiger partial charge in [0, 0.05) is 35.6 Å². The summed E-state index contributed by atoms with van der Waals surface area (Å²) in [5.41, 5.74) is 0.157. The zero-order valence-electron chi connectivity index (χ0n) is 11.3. The van der Waals surface area contributed by atoms with Crippen molar-refractivity contribution in [2.45, 2.75) is 25.7 Å². The van der Waals surface area contributed by atoms with Crippen LogP contribution in [0.15, 0.2) is 24.3 Å². The van der Waals surface area contributed by atoms with E-state index < -0.39 is 28.6 Å². The van der Waals surface area contributed by atoms with Gasteiger partial charge in [-0.2, -0.15) is 0 Å². The predicted molar refractivity (Wildman–Crippen MR) is 72.2 cm³/mol. The van der Waals surface area contributed by atoms with E-state index in [2.05, 4.69) is 5.32 Å². The molecule has 0 radical (unpaired) electrons. The number of non-ortho nitro benzene ring substituents is 1. The zero-order valence-corrected chi connectivity index (χ0v) is 11.3. The number of hydrogen-bond acceptors (Lipinski definition) is 5. The van der Waals surface area contributed by atoms with E-state index in [4.69, 9.17) is 0 Å². The molecule has 0 spiro atoms. The Kier molecular flexibility index (Phi) is 4.52. The largest absolute Gasteiger partial charge is 0.550 e. The van der Waals surface area contributed by atoms with Crippen molar-refractivity contribution < 1.29 is 19.6 Å². The third kappa shape index (κ3) is 3.56. The fraction of sp³-hybridized carbons (Fsp3) is 0.429.